The Hall–Kier alpha value is -1.19. The van der Waals surface area contributed by atoms with E-state index in [2.05, 4.69) is 59.9 Å². The summed E-state index contributed by atoms with van der Waals surface area (Å²) >= 11 is 1.77. The Kier molecular flexibility index (Phi) is 5.55. The van der Waals surface area contributed by atoms with Crippen molar-refractivity contribution in [3.8, 4) is 0 Å². The molecule has 0 saturated carbocycles. The fraction of sp³-hybridized carbons (Fsp3) is 0.438. The van der Waals surface area contributed by atoms with Gasteiger partial charge in [-0.25, -0.2) is 4.98 Å². The van der Waals surface area contributed by atoms with Gasteiger partial charge in [0.25, 0.3) is 0 Å². The Bertz CT molecular complexity index is 479. The van der Waals surface area contributed by atoms with Crippen LogP contribution in [0.4, 0.5) is 0 Å². The van der Waals surface area contributed by atoms with Crippen molar-refractivity contribution in [1.82, 2.24) is 10.3 Å². The highest BCUT2D eigenvalue weighted by molar-refractivity contribution is 7.09. The lowest BCUT2D eigenvalue weighted by Gasteiger charge is -2.17. The van der Waals surface area contributed by atoms with E-state index in [-0.39, 0.29) is 0 Å². The van der Waals surface area contributed by atoms with E-state index in [1.54, 1.807) is 11.3 Å². The van der Waals surface area contributed by atoms with Crippen molar-refractivity contribution in [3.05, 3.63) is 52.0 Å². The van der Waals surface area contributed by atoms with Crippen molar-refractivity contribution in [2.24, 2.45) is 0 Å². The van der Waals surface area contributed by atoms with Gasteiger partial charge in [-0.1, -0.05) is 37.3 Å². The van der Waals surface area contributed by atoms with Gasteiger partial charge in [-0.05, 0) is 31.9 Å². The minimum atomic E-state index is 0.480. The zero-order chi connectivity index (χ0) is 13.5. The van der Waals surface area contributed by atoms with Crippen LogP contribution in [-0.2, 0) is 12.8 Å². The summed E-state index contributed by atoms with van der Waals surface area (Å²) in [6, 6.07) is 11.2. The number of hydrogen-bond donors (Lipinski definition) is 1. The first-order chi connectivity index (χ1) is 9.28. The van der Waals surface area contributed by atoms with E-state index in [0.717, 1.165) is 25.1 Å². The van der Waals surface area contributed by atoms with Gasteiger partial charge in [-0.3, -0.25) is 0 Å². The highest BCUT2D eigenvalue weighted by atomic mass is 32.1. The van der Waals surface area contributed by atoms with Gasteiger partial charge in [0.1, 0.15) is 0 Å². The first kappa shape index (κ1) is 14.2. The van der Waals surface area contributed by atoms with E-state index in [0.29, 0.717) is 6.04 Å². The van der Waals surface area contributed by atoms with Crippen molar-refractivity contribution in [1.29, 1.82) is 0 Å². The smallest absolute Gasteiger partial charge is 0.0943 e. The van der Waals surface area contributed by atoms with Gasteiger partial charge in [-0.2, -0.15) is 0 Å². The molecule has 1 unspecified atom stereocenters. The second kappa shape index (κ2) is 7.41. The summed E-state index contributed by atoms with van der Waals surface area (Å²) < 4.78 is 0. The number of hydrogen-bond acceptors (Lipinski definition) is 3. The monoisotopic (exact) mass is 274 g/mol. The molecule has 3 heteroatoms. The van der Waals surface area contributed by atoms with Crippen LogP contribution in [0.15, 0.2) is 35.7 Å². The Balaban J connectivity index is 1.99. The van der Waals surface area contributed by atoms with E-state index in [1.165, 1.54) is 17.0 Å². The number of aromatic nitrogens is 1. The van der Waals surface area contributed by atoms with Crippen LogP contribution >= 0.6 is 11.3 Å². The lowest BCUT2D eigenvalue weighted by molar-refractivity contribution is 0.504. The number of thiazole rings is 1. The second-order valence-electron chi connectivity index (χ2n) is 4.93. The predicted molar refractivity (Wildman–Crippen MR) is 82.8 cm³/mol. The van der Waals surface area contributed by atoms with Gasteiger partial charge in [-0.15, -0.1) is 11.3 Å². The molecule has 1 aromatic carbocycles. The third kappa shape index (κ3) is 4.77. The lowest BCUT2D eigenvalue weighted by Crippen LogP contribution is -2.33. The maximum atomic E-state index is 4.58. The fourth-order valence-corrected chi connectivity index (χ4v) is 3.02. The Morgan fingerprint density at radius 3 is 2.63 bits per heavy atom. The largest absolute Gasteiger partial charge is 0.313 e. The van der Waals surface area contributed by atoms with Crippen LogP contribution in [0.2, 0.25) is 0 Å². The molecule has 0 aliphatic rings. The molecule has 1 heterocycles. The Morgan fingerprint density at radius 1 is 1.21 bits per heavy atom. The van der Waals surface area contributed by atoms with E-state index in [9.17, 15) is 0 Å². The summed E-state index contributed by atoms with van der Waals surface area (Å²) in [7, 11) is 0. The molecule has 102 valence electrons. The van der Waals surface area contributed by atoms with Crippen molar-refractivity contribution in [2.75, 3.05) is 6.54 Å². The maximum Gasteiger partial charge on any atom is 0.0943 e. The van der Waals surface area contributed by atoms with Crippen LogP contribution in [0.1, 0.15) is 29.6 Å². The molecule has 1 aromatic heterocycles. The third-order valence-electron chi connectivity index (χ3n) is 3.10. The molecule has 0 aliphatic heterocycles. The van der Waals surface area contributed by atoms with Crippen molar-refractivity contribution < 1.29 is 0 Å². The average Bonchev–Trinajstić information content (AvgIpc) is 2.82. The SMILES string of the molecule is CCCNC(Cc1ccccc1)Cc1nc(C)cs1. The van der Waals surface area contributed by atoms with E-state index in [1.807, 2.05) is 0 Å². The van der Waals surface area contributed by atoms with Crippen LogP contribution in [0.3, 0.4) is 0 Å². The Morgan fingerprint density at radius 2 is 2.00 bits per heavy atom. The quantitative estimate of drug-likeness (QED) is 0.834. The van der Waals surface area contributed by atoms with E-state index in [4.69, 9.17) is 0 Å². The fourth-order valence-electron chi connectivity index (χ4n) is 2.17. The molecule has 0 fully saturated rings. The molecule has 0 amide bonds. The van der Waals surface area contributed by atoms with E-state index < -0.39 is 0 Å². The molecule has 1 N–H and O–H groups in total. The molecular formula is C16H22N2S. The average molecular weight is 274 g/mol. The summed E-state index contributed by atoms with van der Waals surface area (Å²) in [6.45, 7) is 5.34. The molecular weight excluding hydrogens is 252 g/mol. The van der Waals surface area contributed by atoms with Crippen molar-refractivity contribution >= 4 is 11.3 Å². The highest BCUT2D eigenvalue weighted by Crippen LogP contribution is 2.13. The zero-order valence-corrected chi connectivity index (χ0v) is 12.5. The second-order valence-corrected chi connectivity index (χ2v) is 5.87. The van der Waals surface area contributed by atoms with Gasteiger partial charge in [0.15, 0.2) is 0 Å². The van der Waals surface area contributed by atoms with Crippen LogP contribution in [0, 0.1) is 6.92 Å². The summed E-state index contributed by atoms with van der Waals surface area (Å²) in [5.41, 5.74) is 2.53. The Labute approximate surface area is 119 Å². The molecule has 0 radical (unpaired) electrons. The minimum Gasteiger partial charge on any atom is -0.313 e. The van der Waals surface area contributed by atoms with Crippen molar-refractivity contribution in [2.45, 2.75) is 39.2 Å². The molecule has 2 aromatic rings. The molecule has 0 spiro atoms. The van der Waals surface area contributed by atoms with Gasteiger partial charge in [0.05, 0.1) is 5.01 Å². The molecule has 2 rings (SSSR count). The number of aryl methyl sites for hydroxylation is 1. The molecule has 2 nitrogen and oxygen atoms in total. The van der Waals surface area contributed by atoms with Crippen LogP contribution in [0.25, 0.3) is 0 Å². The first-order valence-electron chi connectivity index (χ1n) is 6.96. The number of rotatable bonds is 7. The number of nitrogens with one attached hydrogen (secondary N) is 1. The number of benzene rings is 1. The summed E-state index contributed by atoms with van der Waals surface area (Å²) in [4.78, 5) is 4.58. The highest BCUT2D eigenvalue weighted by Gasteiger charge is 2.11. The van der Waals surface area contributed by atoms with Crippen LogP contribution in [-0.4, -0.2) is 17.6 Å². The zero-order valence-electron chi connectivity index (χ0n) is 11.7. The lowest BCUT2D eigenvalue weighted by atomic mass is 10.0. The van der Waals surface area contributed by atoms with Gasteiger partial charge in [0.2, 0.25) is 0 Å². The summed E-state index contributed by atoms with van der Waals surface area (Å²) in [5.74, 6) is 0. The third-order valence-corrected chi connectivity index (χ3v) is 4.08. The van der Waals surface area contributed by atoms with Gasteiger partial charge >= 0.3 is 0 Å². The summed E-state index contributed by atoms with van der Waals surface area (Å²) in [5, 5.41) is 7.01. The topological polar surface area (TPSA) is 24.9 Å². The minimum absolute atomic E-state index is 0.480. The standard InChI is InChI=1S/C16H22N2S/c1-3-9-17-15(10-14-7-5-4-6-8-14)11-16-18-13(2)12-19-16/h4-8,12,15,17H,3,9-11H2,1-2H3. The normalized spacial score (nSPS) is 12.5. The molecule has 1 atom stereocenters. The molecule has 0 saturated heterocycles. The van der Waals surface area contributed by atoms with Crippen molar-refractivity contribution in [3.63, 3.8) is 0 Å². The first-order valence-corrected chi connectivity index (χ1v) is 7.84. The van der Waals surface area contributed by atoms with Gasteiger partial charge in [0, 0.05) is 23.5 Å². The molecule has 0 bridgehead atoms. The molecule has 19 heavy (non-hydrogen) atoms. The number of nitrogens with zero attached hydrogens (tertiary/aromatic N) is 1. The van der Waals surface area contributed by atoms with E-state index >= 15 is 0 Å². The van der Waals surface area contributed by atoms with Gasteiger partial charge < -0.3 is 5.32 Å². The maximum absolute atomic E-state index is 4.58. The van der Waals surface area contributed by atoms with Crippen LogP contribution < -0.4 is 5.32 Å². The summed E-state index contributed by atoms with van der Waals surface area (Å²) in [6.07, 6.45) is 3.26. The predicted octanol–water partition coefficient (Wildman–Crippen LogP) is 3.60. The van der Waals surface area contributed by atoms with Crippen LogP contribution in [0.5, 0.6) is 0 Å². The molecule has 0 aliphatic carbocycles.